The molecule has 3 aromatic rings. The lowest BCUT2D eigenvalue weighted by Crippen LogP contribution is -2.14. The van der Waals surface area contributed by atoms with Crippen molar-refractivity contribution in [1.29, 1.82) is 0 Å². The number of hydrogen-bond acceptors (Lipinski definition) is 6. The average Bonchev–Trinajstić information content (AvgIpc) is 2.81. The second kappa shape index (κ2) is 10.7. The van der Waals surface area contributed by atoms with Crippen LogP contribution in [0, 0.1) is 0 Å². The van der Waals surface area contributed by atoms with Crippen LogP contribution in [0.4, 0.5) is 5.69 Å². The molecular weight excluding hydrogens is 476 g/mol. The van der Waals surface area contributed by atoms with E-state index in [1.54, 1.807) is 39.3 Å². The molecule has 0 aliphatic heterocycles. The number of hydrogen-bond donors (Lipinski definition) is 2. The zero-order chi connectivity index (χ0) is 26.7. The molecule has 0 amide bonds. The van der Waals surface area contributed by atoms with Crippen LogP contribution < -0.4 is 14.2 Å². The van der Waals surface area contributed by atoms with E-state index in [4.69, 9.17) is 9.47 Å². The highest BCUT2D eigenvalue weighted by Crippen LogP contribution is 2.40. The van der Waals surface area contributed by atoms with Gasteiger partial charge in [-0.1, -0.05) is 45.1 Å². The standard InChI is InChI=1S/C28H34N2O5S/c1-18(31)25-15-14-23(27(29-25)35-6)21-16-20(26(34-5)24(17-21)28(2,3)4)11-8-19-9-12-22(13-10-19)30-36(7,32)33/h8-18,30-31H,1-7H3/b11-8+. The average molecular weight is 511 g/mol. The van der Waals surface area contributed by atoms with Gasteiger partial charge in [-0.25, -0.2) is 13.4 Å². The Morgan fingerprint density at radius 2 is 1.67 bits per heavy atom. The van der Waals surface area contributed by atoms with Crippen molar-refractivity contribution in [2.75, 3.05) is 25.2 Å². The minimum Gasteiger partial charge on any atom is -0.496 e. The molecule has 0 radical (unpaired) electrons. The lowest BCUT2D eigenvalue weighted by molar-refractivity contribution is 0.193. The van der Waals surface area contributed by atoms with Gasteiger partial charge in [0.05, 0.1) is 32.3 Å². The molecule has 2 aromatic carbocycles. The van der Waals surface area contributed by atoms with E-state index in [0.29, 0.717) is 17.3 Å². The van der Waals surface area contributed by atoms with Crippen molar-refractivity contribution in [3.8, 4) is 22.8 Å². The maximum absolute atomic E-state index is 11.5. The molecule has 0 saturated carbocycles. The van der Waals surface area contributed by atoms with Gasteiger partial charge in [-0.3, -0.25) is 4.72 Å². The maximum Gasteiger partial charge on any atom is 0.229 e. The van der Waals surface area contributed by atoms with Crippen molar-refractivity contribution >= 4 is 27.9 Å². The van der Waals surface area contributed by atoms with Crippen molar-refractivity contribution in [1.82, 2.24) is 4.98 Å². The van der Waals surface area contributed by atoms with E-state index in [1.807, 2.05) is 36.4 Å². The SMILES string of the molecule is COc1nc(C(C)O)ccc1-c1cc(/C=C/c2ccc(NS(C)(=O)=O)cc2)c(OC)c(C(C)(C)C)c1. The summed E-state index contributed by atoms with van der Waals surface area (Å²) in [7, 11) is -0.107. The molecule has 0 spiro atoms. The highest BCUT2D eigenvalue weighted by Gasteiger charge is 2.23. The van der Waals surface area contributed by atoms with Crippen LogP contribution in [0.2, 0.25) is 0 Å². The summed E-state index contributed by atoms with van der Waals surface area (Å²) in [5, 5.41) is 9.94. The molecular formula is C28H34N2O5S. The number of aliphatic hydroxyl groups excluding tert-OH is 1. The van der Waals surface area contributed by atoms with Crippen molar-refractivity contribution in [2.45, 2.75) is 39.2 Å². The number of aromatic nitrogens is 1. The van der Waals surface area contributed by atoms with Gasteiger partial charge in [0.15, 0.2) is 0 Å². The van der Waals surface area contributed by atoms with Gasteiger partial charge in [0.1, 0.15) is 5.75 Å². The van der Waals surface area contributed by atoms with Gasteiger partial charge < -0.3 is 14.6 Å². The van der Waals surface area contributed by atoms with Crippen molar-refractivity contribution in [3.05, 3.63) is 70.9 Å². The first-order valence-corrected chi connectivity index (χ1v) is 13.4. The van der Waals surface area contributed by atoms with E-state index in [0.717, 1.165) is 39.8 Å². The molecule has 36 heavy (non-hydrogen) atoms. The van der Waals surface area contributed by atoms with Crippen molar-refractivity contribution < 1.29 is 23.0 Å². The van der Waals surface area contributed by atoms with Gasteiger partial charge >= 0.3 is 0 Å². The number of pyridine rings is 1. The number of rotatable bonds is 8. The van der Waals surface area contributed by atoms with Gasteiger partial charge in [0, 0.05) is 22.4 Å². The second-order valence-corrected chi connectivity index (χ2v) is 11.4. The summed E-state index contributed by atoms with van der Waals surface area (Å²) in [6.07, 6.45) is 4.34. The number of ether oxygens (including phenoxy) is 2. The number of nitrogens with one attached hydrogen (secondary N) is 1. The fraction of sp³-hybridized carbons (Fsp3) is 0.321. The predicted octanol–water partition coefficient (Wildman–Crippen LogP) is 5.66. The normalized spacial score (nSPS) is 13.0. The van der Waals surface area contributed by atoms with Crippen LogP contribution in [0.15, 0.2) is 48.5 Å². The lowest BCUT2D eigenvalue weighted by Gasteiger charge is -2.25. The van der Waals surface area contributed by atoms with E-state index < -0.39 is 16.1 Å². The zero-order valence-electron chi connectivity index (χ0n) is 21.8. The van der Waals surface area contributed by atoms with E-state index in [9.17, 15) is 13.5 Å². The molecule has 8 heteroatoms. The molecule has 1 unspecified atom stereocenters. The summed E-state index contributed by atoms with van der Waals surface area (Å²) < 4.78 is 36.8. The second-order valence-electron chi connectivity index (χ2n) is 9.69. The molecule has 0 bridgehead atoms. The number of anilines is 1. The quantitative estimate of drug-likeness (QED) is 0.380. The van der Waals surface area contributed by atoms with Gasteiger partial charge in [-0.2, -0.15) is 0 Å². The van der Waals surface area contributed by atoms with Crippen molar-refractivity contribution in [3.63, 3.8) is 0 Å². The number of nitrogens with zero attached hydrogens (tertiary/aromatic N) is 1. The molecule has 1 aromatic heterocycles. The van der Waals surface area contributed by atoms with E-state index in [1.165, 1.54) is 0 Å². The third kappa shape index (κ3) is 6.65. The Labute approximate surface area is 213 Å². The molecule has 192 valence electrons. The molecule has 0 fully saturated rings. The first-order valence-electron chi connectivity index (χ1n) is 11.5. The van der Waals surface area contributed by atoms with Gasteiger partial charge in [0.25, 0.3) is 0 Å². The Morgan fingerprint density at radius 3 is 2.19 bits per heavy atom. The first kappa shape index (κ1) is 27.2. The monoisotopic (exact) mass is 510 g/mol. The molecule has 1 atom stereocenters. The highest BCUT2D eigenvalue weighted by atomic mass is 32.2. The molecule has 0 saturated heterocycles. The first-order chi connectivity index (χ1) is 16.8. The molecule has 3 rings (SSSR count). The molecule has 0 aliphatic rings. The van der Waals surface area contributed by atoms with Crippen LogP contribution in [0.3, 0.4) is 0 Å². The van der Waals surface area contributed by atoms with Gasteiger partial charge in [0.2, 0.25) is 15.9 Å². The number of aliphatic hydroxyl groups is 1. The van der Waals surface area contributed by atoms with E-state index >= 15 is 0 Å². The number of methoxy groups -OCH3 is 2. The van der Waals surface area contributed by atoms with Crippen LogP contribution in [-0.2, 0) is 15.4 Å². The van der Waals surface area contributed by atoms with Crippen LogP contribution in [0.25, 0.3) is 23.3 Å². The fourth-order valence-electron chi connectivity index (χ4n) is 3.84. The third-order valence-electron chi connectivity index (χ3n) is 5.61. The number of benzene rings is 2. The predicted molar refractivity (Wildman–Crippen MR) is 146 cm³/mol. The molecule has 7 nitrogen and oxygen atoms in total. The number of sulfonamides is 1. The smallest absolute Gasteiger partial charge is 0.229 e. The van der Waals surface area contributed by atoms with Crippen LogP contribution in [0.1, 0.15) is 56.2 Å². The fourth-order valence-corrected chi connectivity index (χ4v) is 4.40. The van der Waals surface area contributed by atoms with Crippen LogP contribution >= 0.6 is 0 Å². The van der Waals surface area contributed by atoms with Gasteiger partial charge in [-0.05, 0) is 59.9 Å². The Hall–Kier alpha value is -3.36. The summed E-state index contributed by atoms with van der Waals surface area (Å²) in [6, 6.07) is 14.9. The summed E-state index contributed by atoms with van der Waals surface area (Å²) in [6.45, 7) is 8.05. The zero-order valence-corrected chi connectivity index (χ0v) is 22.6. The topological polar surface area (TPSA) is 97.8 Å². The van der Waals surface area contributed by atoms with Crippen molar-refractivity contribution in [2.24, 2.45) is 0 Å². The van der Waals surface area contributed by atoms with E-state index in [-0.39, 0.29) is 5.41 Å². The van der Waals surface area contributed by atoms with E-state index in [2.05, 4.69) is 36.5 Å². The van der Waals surface area contributed by atoms with Crippen LogP contribution in [-0.4, -0.2) is 39.0 Å². The summed E-state index contributed by atoms with van der Waals surface area (Å²) >= 11 is 0. The summed E-state index contributed by atoms with van der Waals surface area (Å²) in [5.74, 6) is 1.20. The molecule has 1 heterocycles. The van der Waals surface area contributed by atoms with Crippen LogP contribution in [0.5, 0.6) is 11.6 Å². The summed E-state index contributed by atoms with van der Waals surface area (Å²) in [4.78, 5) is 4.49. The summed E-state index contributed by atoms with van der Waals surface area (Å²) in [5.41, 5.74) is 5.35. The third-order valence-corrected chi connectivity index (χ3v) is 6.22. The minimum atomic E-state index is -3.33. The highest BCUT2D eigenvalue weighted by molar-refractivity contribution is 7.92. The van der Waals surface area contributed by atoms with Gasteiger partial charge in [-0.15, -0.1) is 0 Å². The Kier molecular flexibility index (Phi) is 8.11. The molecule has 0 aliphatic carbocycles. The Morgan fingerprint density at radius 1 is 1.00 bits per heavy atom. The Bertz CT molecular complexity index is 1360. The Balaban J connectivity index is 2.11. The largest absolute Gasteiger partial charge is 0.496 e. The lowest BCUT2D eigenvalue weighted by atomic mass is 9.83. The minimum absolute atomic E-state index is 0.205. The maximum atomic E-state index is 11.5. The molecule has 2 N–H and O–H groups in total.